The standard InChI is InChI=1S/C23H31N3O7S2/c1-17(25-34(28,29)20-11-12-21(32-2)22(15-20)33-3)23(27)24-16-18-7-9-19(10-8-18)35(30,31)26-13-5-4-6-14-26/h7-12,15,17,25H,4-6,13-14,16H2,1-3H3,(H,24,27)/t17-/m0/s1. The lowest BCUT2D eigenvalue weighted by molar-refractivity contribution is -0.122. The van der Waals surface area contributed by atoms with E-state index in [0.717, 1.165) is 19.3 Å². The Hall–Kier alpha value is -2.67. The molecule has 3 rings (SSSR count). The first-order chi connectivity index (χ1) is 16.6. The molecule has 0 aromatic heterocycles. The van der Waals surface area contributed by atoms with Crippen molar-refractivity contribution in [1.82, 2.24) is 14.3 Å². The number of piperidine rings is 1. The average molecular weight is 526 g/mol. The van der Waals surface area contributed by atoms with Crippen LogP contribution in [0.5, 0.6) is 11.5 Å². The van der Waals surface area contributed by atoms with E-state index in [1.54, 1.807) is 12.1 Å². The highest BCUT2D eigenvalue weighted by atomic mass is 32.2. The zero-order chi connectivity index (χ0) is 25.6. The lowest BCUT2D eigenvalue weighted by atomic mass is 10.2. The number of rotatable bonds is 10. The summed E-state index contributed by atoms with van der Waals surface area (Å²) in [5.74, 6) is 0.101. The van der Waals surface area contributed by atoms with E-state index in [4.69, 9.17) is 9.47 Å². The molecule has 1 heterocycles. The molecule has 0 unspecified atom stereocenters. The Morgan fingerprint density at radius 3 is 2.11 bits per heavy atom. The van der Waals surface area contributed by atoms with Gasteiger partial charge in [-0.3, -0.25) is 4.79 Å². The second kappa shape index (κ2) is 11.4. The molecule has 192 valence electrons. The number of sulfonamides is 2. The molecule has 1 saturated heterocycles. The number of carbonyl (C=O) groups is 1. The highest BCUT2D eigenvalue weighted by Crippen LogP contribution is 2.29. The summed E-state index contributed by atoms with van der Waals surface area (Å²) in [5.41, 5.74) is 0.686. The summed E-state index contributed by atoms with van der Waals surface area (Å²) in [6.45, 7) is 2.60. The summed E-state index contributed by atoms with van der Waals surface area (Å²) in [5, 5.41) is 2.66. The summed E-state index contributed by atoms with van der Waals surface area (Å²) < 4.78 is 65.0. The molecule has 0 radical (unpaired) electrons. The van der Waals surface area contributed by atoms with Gasteiger partial charge in [0.15, 0.2) is 11.5 Å². The van der Waals surface area contributed by atoms with Crippen molar-refractivity contribution >= 4 is 26.0 Å². The van der Waals surface area contributed by atoms with E-state index in [0.29, 0.717) is 24.4 Å². The lowest BCUT2D eigenvalue weighted by Crippen LogP contribution is -2.44. The molecule has 0 spiro atoms. The fourth-order valence-corrected chi connectivity index (χ4v) is 6.45. The largest absolute Gasteiger partial charge is 0.493 e. The van der Waals surface area contributed by atoms with Gasteiger partial charge in [0.05, 0.1) is 30.1 Å². The molecule has 1 amide bonds. The van der Waals surface area contributed by atoms with Crippen molar-refractivity contribution in [3.8, 4) is 11.5 Å². The predicted octanol–water partition coefficient (Wildman–Crippen LogP) is 1.86. The van der Waals surface area contributed by atoms with Crippen molar-refractivity contribution in [1.29, 1.82) is 0 Å². The fourth-order valence-electron chi connectivity index (χ4n) is 3.71. The smallest absolute Gasteiger partial charge is 0.243 e. The molecule has 1 atom stereocenters. The van der Waals surface area contributed by atoms with Crippen LogP contribution in [0.3, 0.4) is 0 Å². The molecule has 0 aliphatic carbocycles. The number of methoxy groups -OCH3 is 2. The zero-order valence-electron chi connectivity index (χ0n) is 20.0. The van der Waals surface area contributed by atoms with E-state index in [1.165, 1.54) is 55.8 Å². The number of ether oxygens (including phenoxy) is 2. The third kappa shape index (κ3) is 6.51. The van der Waals surface area contributed by atoms with Crippen LogP contribution in [0.25, 0.3) is 0 Å². The minimum Gasteiger partial charge on any atom is -0.493 e. The Bertz CT molecular complexity index is 1240. The Morgan fingerprint density at radius 1 is 0.914 bits per heavy atom. The molecule has 0 bridgehead atoms. The van der Waals surface area contributed by atoms with Gasteiger partial charge in [-0.2, -0.15) is 9.03 Å². The SMILES string of the molecule is COc1ccc(S(=O)(=O)N[C@@H](C)C(=O)NCc2ccc(S(=O)(=O)N3CCCCC3)cc2)cc1OC. The summed E-state index contributed by atoms with van der Waals surface area (Å²) in [4.78, 5) is 12.6. The zero-order valence-corrected chi connectivity index (χ0v) is 21.6. The summed E-state index contributed by atoms with van der Waals surface area (Å²) in [6, 6.07) is 9.40. The Balaban J connectivity index is 1.59. The minimum absolute atomic E-state index is 0.0692. The van der Waals surface area contributed by atoms with Crippen molar-refractivity contribution < 1.29 is 31.1 Å². The predicted molar refractivity (Wildman–Crippen MR) is 130 cm³/mol. The van der Waals surface area contributed by atoms with E-state index >= 15 is 0 Å². The number of benzene rings is 2. The number of amides is 1. The van der Waals surface area contributed by atoms with Crippen LogP contribution in [0.15, 0.2) is 52.3 Å². The number of hydrogen-bond donors (Lipinski definition) is 2. The molecular formula is C23H31N3O7S2. The maximum absolute atomic E-state index is 12.8. The minimum atomic E-state index is -4.00. The third-order valence-electron chi connectivity index (χ3n) is 5.73. The van der Waals surface area contributed by atoms with Gasteiger partial charge in [0, 0.05) is 25.7 Å². The van der Waals surface area contributed by atoms with Crippen LogP contribution in [0, 0.1) is 0 Å². The molecule has 1 aliphatic heterocycles. The van der Waals surface area contributed by atoms with Crippen LogP contribution in [0.4, 0.5) is 0 Å². The van der Waals surface area contributed by atoms with Crippen LogP contribution in [0.1, 0.15) is 31.7 Å². The van der Waals surface area contributed by atoms with Crippen molar-refractivity contribution in [2.75, 3.05) is 27.3 Å². The second-order valence-electron chi connectivity index (χ2n) is 8.19. The van der Waals surface area contributed by atoms with Crippen LogP contribution in [-0.2, 0) is 31.4 Å². The number of nitrogens with zero attached hydrogens (tertiary/aromatic N) is 1. The van der Waals surface area contributed by atoms with Gasteiger partial charge in [0.25, 0.3) is 0 Å². The quantitative estimate of drug-likeness (QED) is 0.484. The molecule has 1 fully saturated rings. The first-order valence-electron chi connectivity index (χ1n) is 11.2. The van der Waals surface area contributed by atoms with Crippen molar-refractivity contribution in [2.45, 2.75) is 48.6 Å². The summed E-state index contributed by atoms with van der Waals surface area (Å²) in [7, 11) is -4.68. The first kappa shape index (κ1) is 26.9. The Labute approximate surface area is 206 Å². The average Bonchev–Trinajstić information content (AvgIpc) is 2.87. The van der Waals surface area contributed by atoms with Gasteiger partial charge in [-0.1, -0.05) is 18.6 Å². The van der Waals surface area contributed by atoms with E-state index in [-0.39, 0.29) is 22.1 Å². The van der Waals surface area contributed by atoms with Crippen molar-refractivity contribution in [3.63, 3.8) is 0 Å². The molecule has 12 heteroatoms. The van der Waals surface area contributed by atoms with E-state index < -0.39 is 32.0 Å². The van der Waals surface area contributed by atoms with Gasteiger partial charge in [-0.25, -0.2) is 16.8 Å². The van der Waals surface area contributed by atoms with Crippen molar-refractivity contribution in [2.24, 2.45) is 0 Å². The Kier molecular flexibility index (Phi) is 8.75. The third-order valence-corrected chi connectivity index (χ3v) is 9.18. The van der Waals surface area contributed by atoms with Gasteiger partial charge >= 0.3 is 0 Å². The molecule has 10 nitrogen and oxygen atoms in total. The van der Waals surface area contributed by atoms with Crippen LogP contribution < -0.4 is 19.5 Å². The summed E-state index contributed by atoms with van der Waals surface area (Å²) >= 11 is 0. The van der Waals surface area contributed by atoms with E-state index in [9.17, 15) is 21.6 Å². The fraction of sp³-hybridized carbons (Fsp3) is 0.435. The van der Waals surface area contributed by atoms with Gasteiger partial charge < -0.3 is 14.8 Å². The normalized spacial score (nSPS) is 15.9. The van der Waals surface area contributed by atoms with Gasteiger partial charge in [-0.15, -0.1) is 0 Å². The van der Waals surface area contributed by atoms with Crippen LogP contribution >= 0.6 is 0 Å². The number of carbonyl (C=O) groups excluding carboxylic acids is 1. The molecule has 1 aliphatic rings. The lowest BCUT2D eigenvalue weighted by Gasteiger charge is -2.25. The van der Waals surface area contributed by atoms with E-state index in [2.05, 4.69) is 10.0 Å². The van der Waals surface area contributed by atoms with Crippen LogP contribution in [-0.4, -0.2) is 60.4 Å². The van der Waals surface area contributed by atoms with Crippen LogP contribution in [0.2, 0.25) is 0 Å². The highest BCUT2D eigenvalue weighted by Gasteiger charge is 2.26. The summed E-state index contributed by atoms with van der Waals surface area (Å²) in [6.07, 6.45) is 2.75. The van der Waals surface area contributed by atoms with E-state index in [1.807, 2.05) is 0 Å². The molecule has 2 N–H and O–H groups in total. The number of nitrogens with one attached hydrogen (secondary N) is 2. The molecular weight excluding hydrogens is 494 g/mol. The molecule has 2 aromatic rings. The molecule has 0 saturated carbocycles. The van der Waals surface area contributed by atoms with Gasteiger partial charge in [0.1, 0.15) is 0 Å². The first-order valence-corrected chi connectivity index (χ1v) is 14.1. The second-order valence-corrected chi connectivity index (χ2v) is 11.8. The van der Waals surface area contributed by atoms with Gasteiger partial charge in [-0.05, 0) is 49.6 Å². The Morgan fingerprint density at radius 2 is 1.51 bits per heavy atom. The van der Waals surface area contributed by atoms with Crippen molar-refractivity contribution in [3.05, 3.63) is 48.0 Å². The highest BCUT2D eigenvalue weighted by molar-refractivity contribution is 7.89. The maximum atomic E-state index is 12.8. The molecule has 2 aromatic carbocycles. The monoisotopic (exact) mass is 525 g/mol. The number of hydrogen-bond acceptors (Lipinski definition) is 7. The topological polar surface area (TPSA) is 131 Å². The molecule has 35 heavy (non-hydrogen) atoms. The maximum Gasteiger partial charge on any atom is 0.243 e. The van der Waals surface area contributed by atoms with Gasteiger partial charge in [0.2, 0.25) is 26.0 Å².